The predicted molar refractivity (Wildman–Crippen MR) is 67.6 cm³/mol. The molecule has 84 valence electrons. The number of carbonyl (C=O) groups is 1. The van der Waals surface area contributed by atoms with Crippen molar-refractivity contribution in [3.63, 3.8) is 0 Å². The van der Waals surface area contributed by atoms with E-state index in [9.17, 15) is 4.79 Å². The van der Waals surface area contributed by atoms with Gasteiger partial charge in [-0.05, 0) is 42.0 Å². The van der Waals surface area contributed by atoms with Crippen molar-refractivity contribution in [3.8, 4) is 0 Å². The highest BCUT2D eigenvalue weighted by Crippen LogP contribution is 2.34. The van der Waals surface area contributed by atoms with E-state index in [0.29, 0.717) is 5.56 Å². The van der Waals surface area contributed by atoms with Gasteiger partial charge in [0.2, 0.25) is 0 Å². The van der Waals surface area contributed by atoms with Crippen LogP contribution in [0.15, 0.2) is 17.1 Å². The van der Waals surface area contributed by atoms with E-state index < -0.39 is 0 Å². The van der Waals surface area contributed by atoms with Gasteiger partial charge in [0.05, 0.1) is 12.7 Å². The number of benzene rings is 1. The summed E-state index contributed by atoms with van der Waals surface area (Å²) in [5, 5.41) is 0. The molecule has 0 aliphatic heterocycles. The molecule has 0 saturated heterocycles. The minimum atomic E-state index is -0.301. The molecule has 0 atom stereocenters. The highest BCUT2D eigenvalue weighted by Gasteiger charge is 2.22. The minimum absolute atomic E-state index is 0.301. The van der Waals surface area contributed by atoms with Crippen molar-refractivity contribution in [2.75, 3.05) is 7.11 Å². The van der Waals surface area contributed by atoms with Gasteiger partial charge in [0.25, 0.3) is 0 Å². The molecule has 1 aromatic rings. The third kappa shape index (κ3) is 1.69. The number of rotatable bonds is 2. The van der Waals surface area contributed by atoms with Crippen LogP contribution in [0.1, 0.15) is 33.5 Å². The van der Waals surface area contributed by atoms with Crippen LogP contribution in [-0.4, -0.2) is 13.1 Å². The Morgan fingerprint density at radius 1 is 1.50 bits per heavy atom. The molecule has 1 aliphatic rings. The maximum Gasteiger partial charge on any atom is 0.338 e. The van der Waals surface area contributed by atoms with Crippen LogP contribution in [0.25, 0.3) is 6.08 Å². The smallest absolute Gasteiger partial charge is 0.338 e. The predicted octanol–water partition coefficient (Wildman–Crippen LogP) is 3.37. The minimum Gasteiger partial charge on any atom is -0.465 e. The number of fused-ring (bicyclic) bond motifs is 1. The summed E-state index contributed by atoms with van der Waals surface area (Å²) in [4.78, 5) is 11.7. The molecule has 1 aliphatic carbocycles. The lowest BCUT2D eigenvalue weighted by Gasteiger charge is -2.11. The topological polar surface area (TPSA) is 26.3 Å². The van der Waals surface area contributed by atoms with E-state index in [1.165, 1.54) is 18.2 Å². The zero-order valence-corrected chi connectivity index (χ0v) is 10.8. The first-order chi connectivity index (χ1) is 7.69. The Bertz CT molecular complexity index is 463. The maximum absolute atomic E-state index is 11.7. The van der Waals surface area contributed by atoms with Gasteiger partial charge in [-0.25, -0.2) is 4.79 Å². The second kappa shape index (κ2) is 4.42. The van der Waals surface area contributed by atoms with E-state index in [0.717, 1.165) is 29.3 Å². The largest absolute Gasteiger partial charge is 0.465 e. The number of ether oxygens (including phenoxy) is 1. The van der Waals surface area contributed by atoms with E-state index in [4.69, 9.17) is 4.74 Å². The van der Waals surface area contributed by atoms with Gasteiger partial charge in [0, 0.05) is 4.47 Å². The molecular weight excluding hydrogens is 268 g/mol. The van der Waals surface area contributed by atoms with Crippen molar-refractivity contribution in [2.45, 2.75) is 19.3 Å². The van der Waals surface area contributed by atoms with Crippen LogP contribution in [0.2, 0.25) is 0 Å². The van der Waals surface area contributed by atoms with Crippen LogP contribution < -0.4 is 0 Å². The lowest BCUT2D eigenvalue weighted by Crippen LogP contribution is -2.06. The van der Waals surface area contributed by atoms with Gasteiger partial charge in [-0.3, -0.25) is 0 Å². The van der Waals surface area contributed by atoms with Gasteiger partial charge in [0.15, 0.2) is 0 Å². The quantitative estimate of drug-likeness (QED) is 0.777. The average Bonchev–Trinajstić information content (AvgIpc) is 2.77. The molecule has 3 heteroatoms. The highest BCUT2D eigenvalue weighted by atomic mass is 79.9. The number of esters is 1. The Hall–Kier alpha value is -1.09. The summed E-state index contributed by atoms with van der Waals surface area (Å²) in [7, 11) is 1.40. The van der Waals surface area contributed by atoms with Gasteiger partial charge in [-0.1, -0.05) is 28.6 Å². The monoisotopic (exact) mass is 280 g/mol. The summed E-state index contributed by atoms with van der Waals surface area (Å²) in [6, 6.07) is 1.84. The average molecular weight is 281 g/mol. The molecule has 0 amide bonds. The molecule has 0 fully saturated rings. The molecule has 0 aromatic heterocycles. The van der Waals surface area contributed by atoms with Gasteiger partial charge in [-0.15, -0.1) is 0 Å². The highest BCUT2D eigenvalue weighted by molar-refractivity contribution is 9.10. The molecule has 0 N–H and O–H groups in total. The number of carbonyl (C=O) groups excluding carboxylic acids is 1. The third-order valence-electron chi connectivity index (χ3n) is 3.00. The third-order valence-corrected chi connectivity index (χ3v) is 3.71. The van der Waals surface area contributed by atoms with Crippen molar-refractivity contribution in [1.82, 2.24) is 0 Å². The summed E-state index contributed by atoms with van der Waals surface area (Å²) in [6.45, 7) is 3.79. The first-order valence-electron chi connectivity index (χ1n) is 5.24. The van der Waals surface area contributed by atoms with Gasteiger partial charge >= 0.3 is 5.97 Å². The summed E-state index contributed by atoms with van der Waals surface area (Å²) in [6.07, 6.45) is 4.97. The van der Waals surface area contributed by atoms with Crippen molar-refractivity contribution >= 4 is 28.0 Å². The van der Waals surface area contributed by atoms with Crippen LogP contribution in [0.4, 0.5) is 0 Å². The fourth-order valence-electron chi connectivity index (χ4n) is 2.27. The van der Waals surface area contributed by atoms with Crippen molar-refractivity contribution in [1.29, 1.82) is 0 Å². The van der Waals surface area contributed by atoms with Crippen LogP contribution in [-0.2, 0) is 17.6 Å². The van der Waals surface area contributed by atoms with Crippen molar-refractivity contribution < 1.29 is 9.53 Å². The second-order valence-electron chi connectivity index (χ2n) is 3.83. The van der Waals surface area contributed by atoms with E-state index >= 15 is 0 Å². The maximum atomic E-state index is 11.7. The molecule has 0 radical (unpaired) electrons. The Morgan fingerprint density at radius 2 is 2.19 bits per heavy atom. The number of methoxy groups -OCH3 is 1. The molecule has 0 bridgehead atoms. The van der Waals surface area contributed by atoms with Crippen LogP contribution in [0.3, 0.4) is 0 Å². The zero-order valence-electron chi connectivity index (χ0n) is 9.18. The van der Waals surface area contributed by atoms with E-state index in [1.54, 1.807) is 6.08 Å². The van der Waals surface area contributed by atoms with E-state index in [2.05, 4.69) is 22.5 Å². The Labute approximate surface area is 103 Å². The van der Waals surface area contributed by atoms with Gasteiger partial charge in [0.1, 0.15) is 0 Å². The number of hydrogen-bond acceptors (Lipinski definition) is 2. The molecule has 0 spiro atoms. The van der Waals surface area contributed by atoms with Crippen LogP contribution >= 0.6 is 15.9 Å². The summed E-state index contributed by atoms with van der Waals surface area (Å²) in [5.74, 6) is -0.301. The first-order valence-corrected chi connectivity index (χ1v) is 6.03. The van der Waals surface area contributed by atoms with E-state index in [1.807, 2.05) is 6.07 Å². The van der Waals surface area contributed by atoms with Crippen LogP contribution in [0.5, 0.6) is 0 Å². The Morgan fingerprint density at radius 3 is 2.81 bits per heavy atom. The Balaban J connectivity index is 2.67. The van der Waals surface area contributed by atoms with Gasteiger partial charge in [-0.2, -0.15) is 0 Å². The fourth-order valence-corrected chi connectivity index (χ4v) is 2.94. The lowest BCUT2D eigenvalue weighted by atomic mass is 9.97. The normalized spacial score (nSPS) is 13.4. The summed E-state index contributed by atoms with van der Waals surface area (Å²) >= 11 is 3.52. The summed E-state index contributed by atoms with van der Waals surface area (Å²) < 4.78 is 5.79. The molecule has 2 rings (SSSR count). The molecule has 2 nitrogen and oxygen atoms in total. The molecule has 0 saturated carbocycles. The van der Waals surface area contributed by atoms with Crippen molar-refractivity contribution in [3.05, 3.63) is 39.4 Å². The van der Waals surface area contributed by atoms with Crippen LogP contribution in [0, 0.1) is 0 Å². The molecule has 0 unspecified atom stereocenters. The van der Waals surface area contributed by atoms with Gasteiger partial charge < -0.3 is 4.74 Å². The van der Waals surface area contributed by atoms with E-state index in [-0.39, 0.29) is 5.97 Å². The number of halogens is 1. The van der Waals surface area contributed by atoms with Crippen molar-refractivity contribution in [2.24, 2.45) is 0 Å². The second-order valence-corrected chi connectivity index (χ2v) is 4.68. The standard InChI is InChI=1S/C13H13BrO2/c1-3-8-9-5-4-6-10(9)12(14)7-11(8)13(15)16-2/h3,7H,1,4-6H2,2H3. The molecule has 1 aromatic carbocycles. The molecule has 16 heavy (non-hydrogen) atoms. The lowest BCUT2D eigenvalue weighted by molar-refractivity contribution is 0.0600. The molecular formula is C13H13BrO2. The Kier molecular flexibility index (Phi) is 3.15. The number of hydrogen-bond donors (Lipinski definition) is 0. The molecule has 0 heterocycles. The SMILES string of the molecule is C=Cc1c(C(=O)OC)cc(Br)c2c1CCC2. The zero-order chi connectivity index (χ0) is 11.7. The summed E-state index contributed by atoms with van der Waals surface area (Å²) in [5.41, 5.74) is 4.08. The first kappa shape index (κ1) is 11.4. The fraction of sp³-hybridized carbons (Fsp3) is 0.308.